The Labute approximate surface area is 195 Å². The summed E-state index contributed by atoms with van der Waals surface area (Å²) in [6.45, 7) is 5.04. The zero-order valence-electron chi connectivity index (χ0n) is 18.3. The van der Waals surface area contributed by atoms with Gasteiger partial charge in [0.1, 0.15) is 11.6 Å². The zero-order chi connectivity index (χ0) is 23.2. The van der Waals surface area contributed by atoms with Gasteiger partial charge in [-0.3, -0.25) is 9.36 Å². The number of hydrogen-bond donors (Lipinski definition) is 2. The van der Waals surface area contributed by atoms with Crippen molar-refractivity contribution in [1.29, 1.82) is 0 Å². The second-order valence-electron chi connectivity index (χ2n) is 7.58. The van der Waals surface area contributed by atoms with Gasteiger partial charge in [-0.2, -0.15) is 0 Å². The molecule has 0 saturated heterocycles. The minimum atomic E-state index is -0.352. The molecular weight excluding hydrogens is 441 g/mol. The number of thioether (sulfide) groups is 1. The number of amides is 1. The highest BCUT2D eigenvalue weighted by atomic mass is 32.2. The molecule has 0 fully saturated rings. The van der Waals surface area contributed by atoms with Gasteiger partial charge < -0.3 is 15.1 Å². The van der Waals surface area contributed by atoms with E-state index < -0.39 is 0 Å². The Hall–Kier alpha value is -3.59. The Morgan fingerprint density at radius 2 is 1.94 bits per heavy atom. The van der Waals surface area contributed by atoms with Gasteiger partial charge in [-0.25, -0.2) is 4.39 Å². The molecule has 1 amide bonds. The number of anilines is 2. The van der Waals surface area contributed by atoms with E-state index >= 15 is 0 Å². The first-order valence-electron chi connectivity index (χ1n) is 10.4. The lowest BCUT2D eigenvalue weighted by Crippen LogP contribution is -2.15. The number of carbonyl (C=O) groups excluding carboxylic acids is 1. The molecule has 2 aromatic heterocycles. The molecule has 0 aliphatic carbocycles. The molecule has 0 aliphatic rings. The van der Waals surface area contributed by atoms with Gasteiger partial charge in [0.15, 0.2) is 11.0 Å². The number of nitrogens with one attached hydrogen (secondary N) is 2. The fourth-order valence-corrected chi connectivity index (χ4v) is 4.08. The van der Waals surface area contributed by atoms with Crippen molar-refractivity contribution in [2.45, 2.75) is 32.1 Å². The predicted octanol–water partition coefficient (Wildman–Crippen LogP) is 5.02. The van der Waals surface area contributed by atoms with Crippen LogP contribution in [0.4, 0.5) is 15.8 Å². The molecule has 0 unspecified atom stereocenters. The summed E-state index contributed by atoms with van der Waals surface area (Å²) < 4.78 is 20.5. The molecule has 0 saturated carbocycles. The summed E-state index contributed by atoms with van der Waals surface area (Å²) in [5, 5.41) is 15.4. The van der Waals surface area contributed by atoms with Crippen LogP contribution in [0.2, 0.25) is 0 Å². The van der Waals surface area contributed by atoms with Crippen LogP contribution >= 0.6 is 11.8 Å². The monoisotopic (exact) mass is 465 g/mol. The van der Waals surface area contributed by atoms with Gasteiger partial charge in [0.2, 0.25) is 5.91 Å². The molecule has 2 N–H and O–H groups in total. The summed E-state index contributed by atoms with van der Waals surface area (Å²) in [5.74, 6) is 1.07. The summed E-state index contributed by atoms with van der Waals surface area (Å²) in [5.41, 5.74) is 3.93. The van der Waals surface area contributed by atoms with Gasteiger partial charge >= 0.3 is 0 Å². The van der Waals surface area contributed by atoms with E-state index in [1.54, 1.807) is 6.26 Å². The van der Waals surface area contributed by atoms with E-state index in [4.69, 9.17) is 4.42 Å². The maximum absolute atomic E-state index is 13.1. The fraction of sp³-hybridized carbons (Fsp3) is 0.208. The Kier molecular flexibility index (Phi) is 7.09. The number of aryl methyl sites for hydroxylation is 2. The molecule has 170 valence electrons. The van der Waals surface area contributed by atoms with Crippen LogP contribution in [-0.2, 0) is 17.9 Å². The Morgan fingerprint density at radius 1 is 1.12 bits per heavy atom. The van der Waals surface area contributed by atoms with Crippen molar-refractivity contribution in [3.05, 3.63) is 89.4 Å². The topological polar surface area (TPSA) is 85.0 Å². The van der Waals surface area contributed by atoms with Crippen LogP contribution in [0, 0.1) is 19.7 Å². The van der Waals surface area contributed by atoms with Crippen molar-refractivity contribution in [2.24, 2.45) is 0 Å². The number of rotatable bonds is 9. The molecule has 33 heavy (non-hydrogen) atoms. The van der Waals surface area contributed by atoms with E-state index in [0.29, 0.717) is 23.9 Å². The number of benzene rings is 2. The van der Waals surface area contributed by atoms with Crippen LogP contribution < -0.4 is 10.6 Å². The Morgan fingerprint density at radius 3 is 2.67 bits per heavy atom. The first-order valence-corrected chi connectivity index (χ1v) is 11.4. The lowest BCUT2D eigenvalue weighted by Gasteiger charge is -2.12. The third-order valence-electron chi connectivity index (χ3n) is 4.97. The van der Waals surface area contributed by atoms with Crippen LogP contribution in [0.5, 0.6) is 0 Å². The second-order valence-corrected chi connectivity index (χ2v) is 8.52. The molecular formula is C24H24FN5O2S. The summed E-state index contributed by atoms with van der Waals surface area (Å²) in [7, 11) is 0. The van der Waals surface area contributed by atoms with Crippen LogP contribution in [0.3, 0.4) is 0 Å². The highest BCUT2D eigenvalue weighted by molar-refractivity contribution is 7.99. The molecule has 0 bridgehead atoms. The average Bonchev–Trinajstić information content (AvgIpc) is 3.44. The van der Waals surface area contributed by atoms with E-state index in [0.717, 1.165) is 22.8 Å². The molecule has 4 aromatic rings. The molecule has 0 aliphatic heterocycles. The highest BCUT2D eigenvalue weighted by Crippen LogP contribution is 2.22. The Bertz CT molecular complexity index is 1220. The summed E-state index contributed by atoms with van der Waals surface area (Å²) >= 11 is 1.28. The normalized spacial score (nSPS) is 10.9. The second kappa shape index (κ2) is 10.4. The number of aromatic nitrogens is 3. The van der Waals surface area contributed by atoms with Crippen molar-refractivity contribution >= 4 is 29.0 Å². The first-order chi connectivity index (χ1) is 16.0. The van der Waals surface area contributed by atoms with E-state index in [1.165, 1.54) is 41.6 Å². The SMILES string of the molecule is Cc1ccc(NCc2nnc(SCC(=O)Nc3ccc(F)cc3)n2Cc2ccco2)c(C)c1. The lowest BCUT2D eigenvalue weighted by molar-refractivity contribution is -0.113. The van der Waals surface area contributed by atoms with Crippen molar-refractivity contribution in [3.63, 3.8) is 0 Å². The maximum atomic E-state index is 13.1. The van der Waals surface area contributed by atoms with Crippen molar-refractivity contribution in [1.82, 2.24) is 14.8 Å². The first kappa shape index (κ1) is 22.6. The number of furan rings is 1. The van der Waals surface area contributed by atoms with Crippen LogP contribution in [0.25, 0.3) is 0 Å². The Balaban J connectivity index is 1.45. The maximum Gasteiger partial charge on any atom is 0.234 e. The molecule has 2 heterocycles. The average molecular weight is 466 g/mol. The van der Waals surface area contributed by atoms with Crippen LogP contribution in [0.15, 0.2) is 70.4 Å². The third-order valence-corrected chi connectivity index (χ3v) is 5.93. The molecule has 0 atom stereocenters. The van der Waals surface area contributed by atoms with Gasteiger partial charge in [0.05, 0.1) is 25.1 Å². The van der Waals surface area contributed by atoms with Crippen LogP contribution in [0.1, 0.15) is 22.7 Å². The smallest absolute Gasteiger partial charge is 0.234 e. The zero-order valence-corrected chi connectivity index (χ0v) is 19.2. The predicted molar refractivity (Wildman–Crippen MR) is 127 cm³/mol. The summed E-state index contributed by atoms with van der Waals surface area (Å²) in [4.78, 5) is 12.4. The molecule has 4 rings (SSSR count). The van der Waals surface area contributed by atoms with Gasteiger partial charge in [0, 0.05) is 11.4 Å². The highest BCUT2D eigenvalue weighted by Gasteiger charge is 2.16. The number of carbonyl (C=O) groups is 1. The van der Waals surface area contributed by atoms with Crippen molar-refractivity contribution < 1.29 is 13.6 Å². The lowest BCUT2D eigenvalue weighted by atomic mass is 10.1. The molecule has 9 heteroatoms. The van der Waals surface area contributed by atoms with Gasteiger partial charge in [-0.05, 0) is 61.9 Å². The minimum absolute atomic E-state index is 0.137. The third kappa shape index (κ3) is 6.01. The van der Waals surface area contributed by atoms with Gasteiger partial charge in [-0.15, -0.1) is 10.2 Å². The van der Waals surface area contributed by atoms with Gasteiger partial charge in [-0.1, -0.05) is 29.5 Å². The quantitative estimate of drug-likeness (QED) is 0.338. The number of halogens is 1. The summed E-state index contributed by atoms with van der Waals surface area (Å²) in [6.07, 6.45) is 1.62. The van der Waals surface area contributed by atoms with E-state index in [1.807, 2.05) is 22.8 Å². The van der Waals surface area contributed by atoms with Gasteiger partial charge in [0.25, 0.3) is 0 Å². The van der Waals surface area contributed by atoms with E-state index in [2.05, 4.69) is 46.8 Å². The van der Waals surface area contributed by atoms with Crippen LogP contribution in [-0.4, -0.2) is 26.4 Å². The largest absolute Gasteiger partial charge is 0.467 e. The molecule has 0 spiro atoms. The van der Waals surface area contributed by atoms with Crippen molar-refractivity contribution in [3.8, 4) is 0 Å². The van der Waals surface area contributed by atoms with E-state index in [9.17, 15) is 9.18 Å². The molecule has 2 aromatic carbocycles. The van der Waals surface area contributed by atoms with Crippen molar-refractivity contribution in [2.75, 3.05) is 16.4 Å². The standard InChI is InChI=1S/C24H24FN5O2S/c1-16-5-10-21(17(2)12-16)26-13-22-28-29-24(30(22)14-20-4-3-11-32-20)33-15-23(31)27-19-8-6-18(25)7-9-19/h3-12,26H,13-15H2,1-2H3,(H,27,31). The number of hydrogen-bond acceptors (Lipinski definition) is 6. The molecule has 7 nitrogen and oxygen atoms in total. The number of nitrogens with zero attached hydrogens (tertiary/aromatic N) is 3. The fourth-order valence-electron chi connectivity index (χ4n) is 3.32. The van der Waals surface area contributed by atoms with E-state index in [-0.39, 0.29) is 17.5 Å². The summed E-state index contributed by atoms with van der Waals surface area (Å²) in [6, 6.07) is 15.6. The minimum Gasteiger partial charge on any atom is -0.467 e. The molecule has 0 radical (unpaired) electrons.